The zero-order valence-electron chi connectivity index (χ0n) is 26.4. The molecule has 238 valence electrons. The first-order chi connectivity index (χ1) is 21.9. The van der Waals surface area contributed by atoms with Gasteiger partial charge in [-0.15, -0.1) is 0 Å². The van der Waals surface area contributed by atoms with E-state index in [1.54, 1.807) is 0 Å². The molecule has 2 aliphatic heterocycles. The Hall–Kier alpha value is -2.94. The highest BCUT2D eigenvalue weighted by molar-refractivity contribution is 8.00. The molecular formula is C38H46N2O3S2. The van der Waals surface area contributed by atoms with Crippen LogP contribution in [0.3, 0.4) is 0 Å². The molecule has 0 aliphatic carbocycles. The molecule has 0 radical (unpaired) electrons. The van der Waals surface area contributed by atoms with E-state index in [1.807, 2.05) is 36.4 Å². The van der Waals surface area contributed by atoms with Gasteiger partial charge in [-0.05, 0) is 34.4 Å². The maximum absolute atomic E-state index is 11.2. The summed E-state index contributed by atoms with van der Waals surface area (Å²) in [6.07, 6.45) is 4.92. The monoisotopic (exact) mass is 642 g/mol. The van der Waals surface area contributed by atoms with Crippen LogP contribution in [0.1, 0.15) is 60.5 Å². The summed E-state index contributed by atoms with van der Waals surface area (Å²) < 4.78 is 27.5. The zero-order valence-corrected chi connectivity index (χ0v) is 28.1. The average molecular weight is 643 g/mol. The molecule has 0 spiro atoms. The third-order valence-corrected chi connectivity index (χ3v) is 10.3. The molecule has 0 amide bonds. The Labute approximate surface area is 274 Å². The van der Waals surface area contributed by atoms with E-state index in [0.29, 0.717) is 19.1 Å². The lowest BCUT2D eigenvalue weighted by atomic mass is 9.94. The number of benzene rings is 4. The average Bonchev–Trinajstić information content (AvgIpc) is 3.02. The van der Waals surface area contributed by atoms with Crippen LogP contribution in [-0.2, 0) is 14.3 Å². The minimum absolute atomic E-state index is 0.127. The molecule has 0 atom stereocenters. The van der Waals surface area contributed by atoms with Gasteiger partial charge in [-0.3, -0.25) is 14.0 Å². The van der Waals surface area contributed by atoms with Crippen molar-refractivity contribution in [3.8, 4) is 0 Å². The summed E-state index contributed by atoms with van der Waals surface area (Å²) in [6.45, 7) is 5.93. The van der Waals surface area contributed by atoms with Crippen LogP contribution in [-0.4, -0.2) is 67.8 Å². The molecule has 0 bridgehead atoms. The molecule has 45 heavy (non-hydrogen) atoms. The minimum atomic E-state index is -3.39. The maximum Gasteiger partial charge on any atom is 0.264 e. The second-order valence-corrected chi connectivity index (χ2v) is 15.0. The van der Waals surface area contributed by atoms with Gasteiger partial charge in [0.05, 0.1) is 18.3 Å². The van der Waals surface area contributed by atoms with Gasteiger partial charge in [-0.1, -0.05) is 141 Å². The van der Waals surface area contributed by atoms with E-state index in [9.17, 15) is 8.42 Å². The molecule has 0 aromatic heterocycles. The summed E-state index contributed by atoms with van der Waals surface area (Å²) in [7, 11) is -3.39. The second kappa shape index (κ2) is 16.6. The number of likely N-dealkylation sites (tertiary alicyclic amines) is 2. The maximum atomic E-state index is 11.2. The highest BCUT2D eigenvalue weighted by atomic mass is 32.2. The summed E-state index contributed by atoms with van der Waals surface area (Å²) in [5, 5.41) is 0.821. The lowest BCUT2D eigenvalue weighted by molar-refractivity contribution is 0.00475. The van der Waals surface area contributed by atoms with Gasteiger partial charge in [-0.25, -0.2) is 0 Å². The van der Waals surface area contributed by atoms with Gasteiger partial charge in [-0.2, -0.15) is 20.2 Å². The third kappa shape index (κ3) is 9.77. The quantitative estimate of drug-likeness (QED) is 0.110. The van der Waals surface area contributed by atoms with E-state index in [0.717, 1.165) is 11.5 Å². The number of nitrogens with zero attached hydrogens (tertiary/aromatic N) is 2. The van der Waals surface area contributed by atoms with E-state index in [2.05, 4.69) is 113 Å². The molecular weight excluding hydrogens is 597 g/mol. The summed E-state index contributed by atoms with van der Waals surface area (Å²) in [6, 6.07) is 42.9. The number of hydrogen-bond donors (Lipinski definition) is 0. The van der Waals surface area contributed by atoms with Crippen molar-refractivity contribution < 1.29 is 12.6 Å². The topological polar surface area (TPSA) is 49.9 Å². The lowest BCUT2D eigenvalue weighted by Crippen LogP contribution is -2.54. The Kier molecular flexibility index (Phi) is 12.3. The van der Waals surface area contributed by atoms with Crippen LogP contribution in [0.4, 0.5) is 0 Å². The highest BCUT2D eigenvalue weighted by Gasteiger charge is 2.36. The highest BCUT2D eigenvalue weighted by Crippen LogP contribution is 2.36. The SMILES string of the molecule is CCCCCSC1CN(C(c2ccccc2)c2ccccc2)C1.CS(=O)(=O)OC1CN(C(c2ccccc2)c2ccccc2)C1. The van der Waals surface area contributed by atoms with Crippen LogP contribution in [0, 0.1) is 0 Å². The van der Waals surface area contributed by atoms with Gasteiger partial charge < -0.3 is 0 Å². The van der Waals surface area contributed by atoms with E-state index in [-0.39, 0.29) is 12.1 Å². The van der Waals surface area contributed by atoms with Crippen molar-refractivity contribution in [3.63, 3.8) is 0 Å². The molecule has 6 rings (SSSR count). The molecule has 2 aliphatic rings. The van der Waals surface area contributed by atoms with Gasteiger partial charge in [0.15, 0.2) is 0 Å². The predicted molar refractivity (Wildman–Crippen MR) is 188 cm³/mol. The molecule has 7 heteroatoms. The summed E-state index contributed by atoms with van der Waals surface area (Å²) in [4.78, 5) is 4.86. The second-order valence-electron chi connectivity index (χ2n) is 12.0. The number of hydrogen-bond acceptors (Lipinski definition) is 6. The van der Waals surface area contributed by atoms with Crippen LogP contribution in [0.2, 0.25) is 0 Å². The van der Waals surface area contributed by atoms with Crippen molar-refractivity contribution in [2.24, 2.45) is 0 Å². The Balaban J connectivity index is 0.000000178. The van der Waals surface area contributed by atoms with Crippen LogP contribution in [0.5, 0.6) is 0 Å². The van der Waals surface area contributed by atoms with Crippen LogP contribution in [0.15, 0.2) is 121 Å². The molecule has 5 nitrogen and oxygen atoms in total. The molecule has 2 saturated heterocycles. The van der Waals surface area contributed by atoms with Crippen LogP contribution < -0.4 is 0 Å². The Morgan fingerprint density at radius 3 is 1.38 bits per heavy atom. The molecule has 4 aromatic rings. The van der Waals surface area contributed by atoms with E-state index < -0.39 is 10.1 Å². The first-order valence-corrected chi connectivity index (χ1v) is 19.0. The van der Waals surface area contributed by atoms with Crippen LogP contribution in [0.25, 0.3) is 0 Å². The van der Waals surface area contributed by atoms with Crippen molar-refractivity contribution in [2.75, 3.05) is 38.2 Å². The first-order valence-electron chi connectivity index (χ1n) is 16.1. The van der Waals surface area contributed by atoms with Gasteiger partial charge in [0.2, 0.25) is 0 Å². The van der Waals surface area contributed by atoms with Crippen molar-refractivity contribution in [1.82, 2.24) is 9.80 Å². The molecule has 0 unspecified atom stereocenters. The van der Waals surface area contributed by atoms with Crippen molar-refractivity contribution in [1.29, 1.82) is 0 Å². The normalized spacial score (nSPS) is 16.2. The van der Waals surface area contributed by atoms with Crippen LogP contribution >= 0.6 is 11.8 Å². The summed E-state index contributed by atoms with van der Waals surface area (Å²) >= 11 is 2.17. The lowest BCUT2D eigenvalue weighted by Gasteiger charge is -2.44. The molecule has 2 heterocycles. The third-order valence-electron chi connectivity index (χ3n) is 8.36. The minimum Gasteiger partial charge on any atom is -0.290 e. The number of rotatable bonds is 13. The molecule has 2 fully saturated rings. The first kappa shape index (κ1) is 33.4. The zero-order chi connectivity index (χ0) is 31.5. The Morgan fingerprint density at radius 2 is 1.02 bits per heavy atom. The van der Waals surface area contributed by atoms with Gasteiger partial charge >= 0.3 is 0 Å². The van der Waals surface area contributed by atoms with Gasteiger partial charge in [0, 0.05) is 31.4 Å². The van der Waals surface area contributed by atoms with Gasteiger partial charge in [0.1, 0.15) is 6.10 Å². The largest absolute Gasteiger partial charge is 0.290 e. The summed E-state index contributed by atoms with van der Waals surface area (Å²) in [5.41, 5.74) is 5.22. The number of thioether (sulfide) groups is 1. The Bertz CT molecular complexity index is 1430. The van der Waals surface area contributed by atoms with Crippen molar-refractivity contribution in [3.05, 3.63) is 144 Å². The Morgan fingerprint density at radius 1 is 0.644 bits per heavy atom. The smallest absolute Gasteiger partial charge is 0.264 e. The fourth-order valence-corrected chi connectivity index (χ4v) is 8.06. The van der Waals surface area contributed by atoms with Crippen molar-refractivity contribution in [2.45, 2.75) is 49.6 Å². The molecule has 4 aromatic carbocycles. The fourth-order valence-electron chi connectivity index (χ4n) is 6.15. The standard InChI is InChI=1S/C21H27NS.C17H19NO3S/c1-2-3-10-15-23-20-16-22(17-20)21(18-11-6-4-7-12-18)19-13-8-5-9-14-19;1-22(19,20)21-16-12-18(13-16)17(14-8-4-2-5-9-14)15-10-6-3-7-11-15/h4-9,11-14,20-21H,2-3,10,15-17H2,1H3;2-11,16-17H,12-13H2,1H3. The predicted octanol–water partition coefficient (Wildman–Crippen LogP) is 7.82. The van der Waals surface area contributed by atoms with Crippen molar-refractivity contribution >= 4 is 21.9 Å². The fraction of sp³-hybridized carbons (Fsp3) is 0.368. The van der Waals surface area contributed by atoms with E-state index >= 15 is 0 Å². The van der Waals surface area contributed by atoms with E-state index in [1.165, 1.54) is 60.4 Å². The summed E-state index contributed by atoms with van der Waals surface area (Å²) in [5.74, 6) is 1.33. The molecule has 0 saturated carbocycles. The molecule has 0 N–H and O–H groups in total. The number of unbranched alkanes of at least 4 members (excludes halogenated alkanes) is 2. The van der Waals surface area contributed by atoms with E-state index in [4.69, 9.17) is 4.18 Å². The van der Waals surface area contributed by atoms with Gasteiger partial charge in [0.25, 0.3) is 10.1 Å².